The second kappa shape index (κ2) is 4.04. The summed E-state index contributed by atoms with van der Waals surface area (Å²) in [5, 5.41) is 0. The first-order valence-corrected chi connectivity index (χ1v) is 6.07. The molecule has 0 saturated carbocycles. The summed E-state index contributed by atoms with van der Waals surface area (Å²) in [6, 6.07) is 5.78. The zero-order valence-corrected chi connectivity index (χ0v) is 9.69. The number of amides is 1. The van der Waals surface area contributed by atoms with Gasteiger partial charge in [0.05, 0.1) is 0 Å². The predicted octanol–water partition coefficient (Wildman–Crippen LogP) is 1.34. The fourth-order valence-corrected chi connectivity index (χ4v) is 2.57. The van der Waals surface area contributed by atoms with Crippen LogP contribution < -0.4 is 10.6 Å². The molecule has 17 heavy (non-hydrogen) atoms. The standard InChI is InChI=1S/C13H16N2O2/c14-10-4-3-9-5-6-15(11(9)8-10)13(16)12-2-1-7-17-12/h3-4,8,12H,1-2,5-7,14H2/t12-/m0/s1. The number of anilines is 2. The van der Waals surface area contributed by atoms with E-state index < -0.39 is 0 Å². The molecular formula is C13H16N2O2. The number of carbonyl (C=O) groups excluding carboxylic acids is 1. The molecule has 2 aliphatic rings. The summed E-state index contributed by atoms with van der Waals surface area (Å²) in [6.07, 6.45) is 2.48. The molecule has 0 aromatic heterocycles. The highest BCUT2D eigenvalue weighted by molar-refractivity contribution is 5.99. The number of hydrogen-bond donors (Lipinski definition) is 1. The molecule has 2 aliphatic heterocycles. The summed E-state index contributed by atoms with van der Waals surface area (Å²) in [6.45, 7) is 1.45. The summed E-state index contributed by atoms with van der Waals surface area (Å²) in [4.78, 5) is 14.1. The highest BCUT2D eigenvalue weighted by Crippen LogP contribution is 2.31. The first-order valence-electron chi connectivity index (χ1n) is 6.07. The Kier molecular flexibility index (Phi) is 2.52. The Hall–Kier alpha value is -1.55. The van der Waals surface area contributed by atoms with Gasteiger partial charge in [0, 0.05) is 24.5 Å². The molecule has 3 rings (SSSR count). The molecule has 4 heteroatoms. The van der Waals surface area contributed by atoms with Crippen molar-refractivity contribution in [1.82, 2.24) is 0 Å². The lowest BCUT2D eigenvalue weighted by molar-refractivity contribution is -0.127. The second-order valence-electron chi connectivity index (χ2n) is 4.63. The van der Waals surface area contributed by atoms with Crippen LogP contribution in [-0.4, -0.2) is 25.2 Å². The first-order chi connectivity index (χ1) is 8.25. The van der Waals surface area contributed by atoms with Gasteiger partial charge in [-0.3, -0.25) is 4.79 Å². The van der Waals surface area contributed by atoms with Gasteiger partial charge in [-0.15, -0.1) is 0 Å². The van der Waals surface area contributed by atoms with Gasteiger partial charge < -0.3 is 15.4 Å². The molecule has 1 fully saturated rings. The first kappa shape index (κ1) is 10.6. The number of benzene rings is 1. The molecule has 0 bridgehead atoms. The van der Waals surface area contributed by atoms with E-state index in [1.807, 2.05) is 23.1 Å². The lowest BCUT2D eigenvalue weighted by Crippen LogP contribution is -2.37. The molecule has 1 saturated heterocycles. The summed E-state index contributed by atoms with van der Waals surface area (Å²) in [7, 11) is 0. The number of ether oxygens (including phenoxy) is 1. The monoisotopic (exact) mass is 232 g/mol. The van der Waals surface area contributed by atoms with E-state index in [0.29, 0.717) is 12.3 Å². The van der Waals surface area contributed by atoms with Gasteiger partial charge in [-0.25, -0.2) is 0 Å². The SMILES string of the molecule is Nc1ccc2c(c1)N(C(=O)[C@@H]1CCCO1)CC2. The molecule has 4 nitrogen and oxygen atoms in total. The number of fused-ring (bicyclic) bond motifs is 1. The third kappa shape index (κ3) is 1.78. The number of rotatable bonds is 1. The Balaban J connectivity index is 1.87. The van der Waals surface area contributed by atoms with Crippen molar-refractivity contribution < 1.29 is 9.53 Å². The van der Waals surface area contributed by atoms with E-state index in [9.17, 15) is 4.79 Å². The maximum atomic E-state index is 12.3. The topological polar surface area (TPSA) is 55.6 Å². The average Bonchev–Trinajstić information content (AvgIpc) is 2.97. The summed E-state index contributed by atoms with van der Waals surface area (Å²) in [5.41, 5.74) is 8.64. The fourth-order valence-electron chi connectivity index (χ4n) is 2.57. The van der Waals surface area contributed by atoms with Gasteiger partial charge in [-0.2, -0.15) is 0 Å². The van der Waals surface area contributed by atoms with Gasteiger partial charge in [-0.05, 0) is 37.0 Å². The van der Waals surface area contributed by atoms with Crippen LogP contribution in [0, 0.1) is 0 Å². The molecule has 90 valence electrons. The van der Waals surface area contributed by atoms with Crippen LogP contribution in [0.5, 0.6) is 0 Å². The number of carbonyl (C=O) groups is 1. The van der Waals surface area contributed by atoms with Gasteiger partial charge in [0.25, 0.3) is 5.91 Å². The van der Waals surface area contributed by atoms with Gasteiger partial charge >= 0.3 is 0 Å². The Morgan fingerprint density at radius 3 is 3.12 bits per heavy atom. The average molecular weight is 232 g/mol. The van der Waals surface area contributed by atoms with Crippen LogP contribution in [0.4, 0.5) is 11.4 Å². The van der Waals surface area contributed by atoms with E-state index in [0.717, 1.165) is 31.5 Å². The number of nitrogens with two attached hydrogens (primary N) is 1. The molecule has 0 unspecified atom stereocenters. The van der Waals surface area contributed by atoms with Crippen LogP contribution in [0.2, 0.25) is 0 Å². The molecule has 2 heterocycles. The van der Waals surface area contributed by atoms with Crippen molar-refractivity contribution >= 4 is 17.3 Å². The Morgan fingerprint density at radius 2 is 2.35 bits per heavy atom. The predicted molar refractivity (Wildman–Crippen MR) is 65.9 cm³/mol. The highest BCUT2D eigenvalue weighted by Gasteiger charge is 2.32. The lowest BCUT2D eigenvalue weighted by Gasteiger charge is -2.21. The number of nitrogens with zero attached hydrogens (tertiary/aromatic N) is 1. The third-order valence-corrected chi connectivity index (χ3v) is 3.48. The Morgan fingerprint density at radius 1 is 1.47 bits per heavy atom. The minimum Gasteiger partial charge on any atom is -0.399 e. The minimum atomic E-state index is -0.248. The lowest BCUT2D eigenvalue weighted by atomic mass is 10.1. The normalized spacial score (nSPS) is 22.8. The summed E-state index contributed by atoms with van der Waals surface area (Å²) >= 11 is 0. The van der Waals surface area contributed by atoms with Crippen LogP contribution in [0.1, 0.15) is 18.4 Å². The third-order valence-electron chi connectivity index (χ3n) is 3.48. The van der Waals surface area contributed by atoms with Gasteiger partial charge in [0.15, 0.2) is 0 Å². The van der Waals surface area contributed by atoms with E-state index in [4.69, 9.17) is 10.5 Å². The largest absolute Gasteiger partial charge is 0.399 e. The quantitative estimate of drug-likeness (QED) is 0.743. The molecule has 0 aliphatic carbocycles. The van der Waals surface area contributed by atoms with Crippen LogP contribution in [0.3, 0.4) is 0 Å². The maximum absolute atomic E-state index is 12.3. The van der Waals surface area contributed by atoms with Crippen molar-refractivity contribution in [2.75, 3.05) is 23.8 Å². The summed E-state index contributed by atoms with van der Waals surface area (Å²) in [5.74, 6) is 0.0897. The van der Waals surface area contributed by atoms with Crippen molar-refractivity contribution in [3.8, 4) is 0 Å². The summed E-state index contributed by atoms with van der Waals surface area (Å²) < 4.78 is 5.45. The van der Waals surface area contributed by atoms with Crippen LogP contribution in [0.15, 0.2) is 18.2 Å². The van der Waals surface area contributed by atoms with E-state index >= 15 is 0 Å². The smallest absolute Gasteiger partial charge is 0.256 e. The number of nitrogen functional groups attached to an aromatic ring is 1. The molecule has 2 N–H and O–H groups in total. The molecule has 0 radical (unpaired) electrons. The molecular weight excluding hydrogens is 216 g/mol. The van der Waals surface area contributed by atoms with E-state index in [2.05, 4.69) is 0 Å². The van der Waals surface area contributed by atoms with Crippen molar-refractivity contribution in [2.24, 2.45) is 0 Å². The molecule has 1 amide bonds. The van der Waals surface area contributed by atoms with Crippen molar-refractivity contribution in [1.29, 1.82) is 0 Å². The van der Waals surface area contributed by atoms with Crippen LogP contribution in [-0.2, 0) is 16.0 Å². The second-order valence-corrected chi connectivity index (χ2v) is 4.63. The van der Waals surface area contributed by atoms with Gasteiger partial charge in [-0.1, -0.05) is 6.07 Å². The van der Waals surface area contributed by atoms with Crippen molar-refractivity contribution in [2.45, 2.75) is 25.4 Å². The van der Waals surface area contributed by atoms with E-state index in [1.54, 1.807) is 0 Å². The zero-order valence-electron chi connectivity index (χ0n) is 9.69. The van der Waals surface area contributed by atoms with Gasteiger partial charge in [0.2, 0.25) is 0 Å². The van der Waals surface area contributed by atoms with E-state index in [1.165, 1.54) is 5.56 Å². The van der Waals surface area contributed by atoms with Crippen molar-refractivity contribution in [3.05, 3.63) is 23.8 Å². The number of hydrogen-bond acceptors (Lipinski definition) is 3. The maximum Gasteiger partial charge on any atom is 0.256 e. The molecule has 0 spiro atoms. The van der Waals surface area contributed by atoms with Crippen LogP contribution >= 0.6 is 0 Å². The Labute approximate surface area is 100 Å². The highest BCUT2D eigenvalue weighted by atomic mass is 16.5. The molecule has 1 aromatic rings. The Bertz CT molecular complexity index is 453. The van der Waals surface area contributed by atoms with Crippen LogP contribution in [0.25, 0.3) is 0 Å². The molecule has 1 aromatic carbocycles. The van der Waals surface area contributed by atoms with Crippen molar-refractivity contribution in [3.63, 3.8) is 0 Å². The zero-order chi connectivity index (χ0) is 11.8. The minimum absolute atomic E-state index is 0.0897. The van der Waals surface area contributed by atoms with Gasteiger partial charge in [0.1, 0.15) is 6.10 Å². The molecule has 1 atom stereocenters. The van der Waals surface area contributed by atoms with E-state index in [-0.39, 0.29) is 12.0 Å². The fraction of sp³-hybridized carbons (Fsp3) is 0.462.